The zero-order valence-corrected chi connectivity index (χ0v) is 21.6. The molecule has 0 spiro atoms. The number of carbonyl (C=O) groups is 1. The van der Waals surface area contributed by atoms with Crippen LogP contribution in [0.5, 0.6) is 0 Å². The minimum Gasteiger partial charge on any atom is -0.376 e. The van der Waals surface area contributed by atoms with Crippen LogP contribution in [-0.2, 0) is 4.79 Å². The first-order valence-electron chi connectivity index (χ1n) is 11.8. The molecule has 8 nitrogen and oxygen atoms in total. The van der Waals surface area contributed by atoms with Crippen molar-refractivity contribution in [3.63, 3.8) is 0 Å². The van der Waals surface area contributed by atoms with Crippen molar-refractivity contribution in [3.05, 3.63) is 33.4 Å². The molecule has 3 N–H and O–H groups in total. The van der Waals surface area contributed by atoms with Gasteiger partial charge in [-0.15, -0.1) is 20.4 Å². The molecule has 2 unspecified atom stereocenters. The summed E-state index contributed by atoms with van der Waals surface area (Å²) in [5.41, 5.74) is 8.06. The van der Waals surface area contributed by atoms with Gasteiger partial charge in [-0.25, -0.2) is 0 Å². The predicted molar refractivity (Wildman–Crippen MR) is 136 cm³/mol. The Hall–Kier alpha value is -2.33. The highest BCUT2D eigenvalue weighted by atomic mass is 32.1. The van der Waals surface area contributed by atoms with Crippen LogP contribution < -0.4 is 11.1 Å². The zero-order valence-electron chi connectivity index (χ0n) is 20.0. The maximum Gasteiger partial charge on any atom is 0.230 e. The highest BCUT2D eigenvalue weighted by Gasteiger charge is 2.29. The molecule has 1 aliphatic rings. The Balaban J connectivity index is 1.57. The molecule has 1 amide bonds. The molecule has 0 bridgehead atoms. The van der Waals surface area contributed by atoms with E-state index in [-0.39, 0.29) is 5.91 Å². The van der Waals surface area contributed by atoms with Crippen molar-refractivity contribution in [3.8, 4) is 0 Å². The molecule has 180 valence electrons. The number of aromatic nitrogens is 4. The van der Waals surface area contributed by atoms with Crippen molar-refractivity contribution < 1.29 is 4.79 Å². The van der Waals surface area contributed by atoms with Crippen molar-refractivity contribution in [2.45, 2.75) is 78.1 Å². The number of allylic oxidation sites excluding steroid dienone is 3. The van der Waals surface area contributed by atoms with E-state index in [4.69, 9.17) is 5.73 Å². The number of nitrogens with two attached hydrogens (primary N) is 1. The number of nitrogens with one attached hydrogen (secondary N) is 1. The number of anilines is 2. The quantitative estimate of drug-likeness (QED) is 0.434. The smallest absolute Gasteiger partial charge is 0.230 e. The van der Waals surface area contributed by atoms with Crippen LogP contribution in [0.4, 0.5) is 10.3 Å². The molecule has 2 aromatic heterocycles. The van der Waals surface area contributed by atoms with Crippen LogP contribution in [0.15, 0.2) is 23.4 Å². The van der Waals surface area contributed by atoms with Crippen molar-refractivity contribution in [1.82, 2.24) is 25.3 Å². The average Bonchev–Trinajstić information content (AvgIpc) is 3.46. The Morgan fingerprint density at radius 2 is 1.73 bits per heavy atom. The van der Waals surface area contributed by atoms with E-state index >= 15 is 0 Å². The van der Waals surface area contributed by atoms with Gasteiger partial charge in [0.25, 0.3) is 0 Å². The summed E-state index contributed by atoms with van der Waals surface area (Å²) < 4.78 is 0. The minimum atomic E-state index is -0.0504. The van der Waals surface area contributed by atoms with Gasteiger partial charge in [0, 0.05) is 37.0 Å². The Bertz CT molecular complexity index is 977. The number of amides is 1. The maximum absolute atomic E-state index is 12.6. The molecular weight excluding hydrogens is 454 g/mol. The third-order valence-electron chi connectivity index (χ3n) is 6.18. The molecule has 1 aliphatic carbocycles. The summed E-state index contributed by atoms with van der Waals surface area (Å²) in [5.74, 6) is 0.646. The van der Waals surface area contributed by atoms with Gasteiger partial charge in [0.15, 0.2) is 0 Å². The first-order valence-corrected chi connectivity index (χ1v) is 13.4. The Kier molecular flexibility index (Phi) is 9.37. The van der Waals surface area contributed by atoms with Crippen LogP contribution in [0.3, 0.4) is 0 Å². The second kappa shape index (κ2) is 12.2. The summed E-state index contributed by atoms with van der Waals surface area (Å²) in [6.45, 7) is 10.4. The fourth-order valence-corrected chi connectivity index (χ4v) is 5.90. The minimum absolute atomic E-state index is 0.0504. The molecule has 0 aliphatic heterocycles. The van der Waals surface area contributed by atoms with Gasteiger partial charge in [-0.3, -0.25) is 4.79 Å². The molecule has 1 fully saturated rings. The van der Waals surface area contributed by atoms with Gasteiger partial charge < -0.3 is 16.0 Å². The third kappa shape index (κ3) is 7.07. The fourth-order valence-electron chi connectivity index (χ4n) is 4.24. The molecular formula is C23H35N7OS2. The van der Waals surface area contributed by atoms with E-state index in [2.05, 4.69) is 70.5 Å². The van der Waals surface area contributed by atoms with Crippen LogP contribution in [0.1, 0.15) is 88.1 Å². The van der Waals surface area contributed by atoms with Gasteiger partial charge in [-0.1, -0.05) is 47.7 Å². The first kappa shape index (κ1) is 25.3. The van der Waals surface area contributed by atoms with Gasteiger partial charge in [-0.05, 0) is 52.5 Å². The second-order valence-corrected chi connectivity index (χ2v) is 10.4. The van der Waals surface area contributed by atoms with Crippen molar-refractivity contribution in [1.29, 1.82) is 0 Å². The van der Waals surface area contributed by atoms with E-state index in [1.807, 2.05) is 0 Å². The lowest BCUT2D eigenvalue weighted by Crippen LogP contribution is -2.20. The lowest BCUT2D eigenvalue weighted by atomic mass is 9.82. The number of nitrogen functional groups attached to an aromatic ring is 1. The zero-order chi connectivity index (χ0) is 23.8. The molecule has 1 saturated carbocycles. The van der Waals surface area contributed by atoms with Crippen LogP contribution in [0, 0.1) is 0 Å². The summed E-state index contributed by atoms with van der Waals surface area (Å²) in [6, 6.07) is 0. The third-order valence-corrected chi connectivity index (χ3v) is 8.10. The summed E-state index contributed by atoms with van der Waals surface area (Å²) in [5, 5.41) is 22.9. The molecule has 0 saturated heterocycles. The Labute approximate surface area is 204 Å². The number of nitrogens with zero attached hydrogens (tertiary/aromatic N) is 5. The highest BCUT2D eigenvalue weighted by Crippen LogP contribution is 2.43. The summed E-state index contributed by atoms with van der Waals surface area (Å²) >= 11 is 2.96. The topological polar surface area (TPSA) is 110 Å². The number of hydrogen-bond donors (Lipinski definition) is 2. The molecule has 2 atom stereocenters. The van der Waals surface area contributed by atoms with Gasteiger partial charge in [0.05, 0.1) is 0 Å². The maximum atomic E-state index is 12.6. The van der Waals surface area contributed by atoms with E-state index in [1.54, 1.807) is 0 Å². The molecule has 2 aromatic rings. The SMILES string of the molecule is CCC(=CC=C(C)N(CC)CC)CC(=O)Nc1nnc(C2CCCC(c3nnc(N)s3)C2)s1. The first-order chi connectivity index (χ1) is 15.9. The number of rotatable bonds is 10. The Morgan fingerprint density at radius 1 is 1.06 bits per heavy atom. The largest absolute Gasteiger partial charge is 0.376 e. The van der Waals surface area contributed by atoms with Gasteiger partial charge in [-0.2, -0.15) is 0 Å². The molecule has 33 heavy (non-hydrogen) atoms. The molecule has 0 aromatic carbocycles. The van der Waals surface area contributed by atoms with Crippen molar-refractivity contribution >= 4 is 38.8 Å². The normalized spacial score (nSPS) is 19.5. The Morgan fingerprint density at radius 3 is 2.33 bits per heavy atom. The lowest BCUT2D eigenvalue weighted by molar-refractivity contribution is -0.115. The van der Waals surface area contributed by atoms with Crippen LogP contribution in [-0.4, -0.2) is 44.3 Å². The summed E-state index contributed by atoms with van der Waals surface area (Å²) in [6.07, 6.45) is 9.62. The van der Waals surface area contributed by atoms with Crippen LogP contribution in [0.2, 0.25) is 0 Å². The fraction of sp³-hybridized carbons (Fsp3) is 0.609. The van der Waals surface area contributed by atoms with Crippen LogP contribution in [0.25, 0.3) is 0 Å². The molecule has 0 radical (unpaired) electrons. The highest BCUT2D eigenvalue weighted by molar-refractivity contribution is 7.15. The summed E-state index contributed by atoms with van der Waals surface area (Å²) in [7, 11) is 0. The average molecular weight is 490 g/mol. The molecule has 2 heterocycles. The standard InChI is InChI=1S/C23H35N7OS2/c1-5-16(12-11-15(4)30(6-2)7-3)13-19(31)25-23-29-27-21(33-23)18-10-8-9-17(14-18)20-26-28-22(24)32-20/h11-12,17-18H,5-10,13-14H2,1-4H3,(H2,24,28)(H,25,29,31). The molecule has 3 rings (SSSR count). The summed E-state index contributed by atoms with van der Waals surface area (Å²) in [4.78, 5) is 14.9. The van der Waals surface area contributed by atoms with E-state index in [0.29, 0.717) is 28.5 Å². The number of hydrogen-bond acceptors (Lipinski definition) is 9. The van der Waals surface area contributed by atoms with Crippen molar-refractivity contribution in [2.24, 2.45) is 0 Å². The van der Waals surface area contributed by atoms with Gasteiger partial charge >= 0.3 is 0 Å². The van der Waals surface area contributed by atoms with Crippen LogP contribution >= 0.6 is 22.7 Å². The van der Waals surface area contributed by atoms with E-state index in [9.17, 15) is 4.79 Å². The monoisotopic (exact) mass is 489 g/mol. The second-order valence-electron chi connectivity index (χ2n) is 8.37. The van der Waals surface area contributed by atoms with E-state index < -0.39 is 0 Å². The van der Waals surface area contributed by atoms with Crippen molar-refractivity contribution in [2.75, 3.05) is 24.1 Å². The van der Waals surface area contributed by atoms with E-state index in [0.717, 1.165) is 60.8 Å². The lowest BCUT2D eigenvalue weighted by Gasteiger charge is -2.25. The van der Waals surface area contributed by atoms with E-state index in [1.165, 1.54) is 28.4 Å². The van der Waals surface area contributed by atoms with Gasteiger partial charge in [0.2, 0.25) is 16.2 Å². The van der Waals surface area contributed by atoms with Gasteiger partial charge in [0.1, 0.15) is 10.0 Å². The molecule has 10 heteroatoms. The number of carbonyl (C=O) groups excluding carboxylic acids is 1. The predicted octanol–water partition coefficient (Wildman–Crippen LogP) is 5.32.